The van der Waals surface area contributed by atoms with Crippen molar-refractivity contribution in [2.24, 2.45) is 11.8 Å². The van der Waals surface area contributed by atoms with Crippen molar-refractivity contribution in [2.75, 3.05) is 13.1 Å². The lowest BCUT2D eigenvalue weighted by atomic mass is 10.0. The van der Waals surface area contributed by atoms with Gasteiger partial charge >= 0.3 is 0 Å². The van der Waals surface area contributed by atoms with E-state index in [0.29, 0.717) is 41.0 Å². The fraction of sp³-hybridized carbons (Fsp3) is 0.409. The van der Waals surface area contributed by atoms with Crippen molar-refractivity contribution in [1.82, 2.24) is 0 Å². The molecule has 27 heavy (non-hydrogen) atoms. The highest BCUT2D eigenvalue weighted by Crippen LogP contribution is 2.38. The number of quaternary nitrogens is 1. The number of carbonyl (C=O) groups is 1. The molecular weight excluding hydrogens is 358 g/mol. The average Bonchev–Trinajstić information content (AvgIpc) is 3.18. The molecule has 0 bridgehead atoms. The number of fused-ring (bicyclic) bond motifs is 1. The van der Waals surface area contributed by atoms with Crippen molar-refractivity contribution < 1.29 is 19.5 Å². The van der Waals surface area contributed by atoms with Crippen LogP contribution < -0.4 is 14.7 Å². The van der Waals surface area contributed by atoms with Crippen LogP contribution in [0.5, 0.6) is 11.5 Å². The molecule has 0 radical (unpaired) electrons. The third-order valence-electron chi connectivity index (χ3n) is 4.54. The lowest BCUT2D eigenvalue weighted by Gasteiger charge is -2.26. The molecule has 4 nitrogen and oxygen atoms in total. The quantitative estimate of drug-likeness (QED) is 0.745. The monoisotopic (exact) mass is 385 g/mol. The molecule has 0 aliphatic carbocycles. The Bertz CT molecular complexity index is 827. The molecule has 0 saturated heterocycles. The molecule has 1 N–H and O–H groups in total. The van der Waals surface area contributed by atoms with Gasteiger partial charge in [0.25, 0.3) is 0 Å². The summed E-state index contributed by atoms with van der Waals surface area (Å²) in [5.74, 6) is 1.62. The van der Waals surface area contributed by atoms with Gasteiger partial charge in [-0.25, -0.2) is 0 Å². The number of ketones is 1. The summed E-state index contributed by atoms with van der Waals surface area (Å²) in [6.45, 7) is 11.3. The zero-order valence-corrected chi connectivity index (χ0v) is 17.2. The Morgan fingerprint density at radius 2 is 1.85 bits per heavy atom. The number of carbonyl (C=O) groups excluding carboxylic acids is 1. The minimum absolute atomic E-state index is 0.0519. The highest BCUT2D eigenvalue weighted by Gasteiger charge is 2.31. The van der Waals surface area contributed by atoms with E-state index in [1.807, 2.05) is 17.5 Å². The standard InChI is InChI=1S/C22H27NO3S/c1-14(2)11-23(12-15(3)4)13-18-19(24)8-7-17-21(25)20(26-22(17)18)10-16-6-5-9-27-16/h5-10,14-15,24H,11-13H2,1-4H3. The van der Waals surface area contributed by atoms with Crippen LogP contribution in [0.2, 0.25) is 0 Å². The minimum atomic E-state index is -0.145. The van der Waals surface area contributed by atoms with Gasteiger partial charge in [-0.2, -0.15) is 0 Å². The van der Waals surface area contributed by atoms with Crippen LogP contribution in [0.15, 0.2) is 35.4 Å². The number of hydrogen-bond donors (Lipinski definition) is 1. The molecule has 0 fully saturated rings. The van der Waals surface area contributed by atoms with Gasteiger partial charge in [0.15, 0.2) is 5.76 Å². The smallest absolute Gasteiger partial charge is 0.232 e. The lowest BCUT2D eigenvalue weighted by Crippen LogP contribution is -3.11. The zero-order valence-electron chi connectivity index (χ0n) is 16.4. The molecule has 144 valence electrons. The van der Waals surface area contributed by atoms with Gasteiger partial charge in [-0.3, -0.25) is 4.79 Å². The molecule has 0 atom stereocenters. The molecule has 2 heterocycles. The number of nitrogens with one attached hydrogen (secondary N) is 1. The van der Waals surface area contributed by atoms with Crippen molar-refractivity contribution in [1.29, 1.82) is 0 Å². The maximum absolute atomic E-state index is 12.7. The Labute approximate surface area is 165 Å². The second-order valence-electron chi connectivity index (χ2n) is 8.00. The Hall–Kier alpha value is -2.11. The van der Waals surface area contributed by atoms with E-state index in [4.69, 9.17) is 4.74 Å². The van der Waals surface area contributed by atoms with E-state index in [0.717, 1.165) is 18.0 Å². The van der Waals surface area contributed by atoms with Gasteiger partial charge in [-0.05, 0) is 17.5 Å². The summed E-state index contributed by atoms with van der Waals surface area (Å²) < 4.78 is 5.92. The van der Waals surface area contributed by atoms with Gasteiger partial charge in [0.1, 0.15) is 12.3 Å². The van der Waals surface area contributed by atoms with Crippen molar-refractivity contribution >= 4 is 23.2 Å². The topological polar surface area (TPSA) is 53.8 Å². The van der Waals surface area contributed by atoms with Gasteiger partial charge in [0.2, 0.25) is 5.78 Å². The van der Waals surface area contributed by atoms with Crippen molar-refractivity contribution in [3.05, 3.63) is 51.4 Å². The summed E-state index contributed by atoms with van der Waals surface area (Å²) in [6, 6.07) is 6.98. The molecule has 5 heteroatoms. The molecule has 0 saturated carbocycles. The van der Waals surface area contributed by atoms with Crippen LogP contribution in [-0.2, 0) is 6.54 Å². The van der Waals surface area contributed by atoms with E-state index < -0.39 is 0 Å². The second-order valence-corrected chi connectivity index (χ2v) is 8.98. The summed E-state index contributed by atoms with van der Waals surface area (Å²) in [4.78, 5) is 15.0. The third kappa shape index (κ3) is 4.60. The predicted octanol–water partition coefficient (Wildman–Crippen LogP) is 3.13. The van der Waals surface area contributed by atoms with Gasteiger partial charge in [0, 0.05) is 28.4 Å². The van der Waals surface area contributed by atoms with E-state index in [2.05, 4.69) is 27.7 Å². The van der Waals surface area contributed by atoms with Crippen LogP contribution >= 0.6 is 11.3 Å². The molecule has 0 unspecified atom stereocenters. The normalized spacial score (nSPS) is 15.2. The van der Waals surface area contributed by atoms with Crippen LogP contribution in [-0.4, -0.2) is 18.9 Å². The van der Waals surface area contributed by atoms with E-state index >= 15 is 0 Å². The van der Waals surface area contributed by atoms with Crippen LogP contribution in [0.3, 0.4) is 0 Å². The summed E-state index contributed by atoms with van der Waals surface area (Å²) in [5.41, 5.74) is 1.12. The highest BCUT2D eigenvalue weighted by atomic mass is 32.1. The molecular formula is C22H27NO3S. The molecule has 0 spiro atoms. The number of ether oxygens (including phenoxy) is 1. The molecule has 1 aromatic heterocycles. The maximum atomic E-state index is 12.7. The predicted molar refractivity (Wildman–Crippen MR) is 107 cm³/mol. The largest absolute Gasteiger partial charge is 0.872 e. The van der Waals surface area contributed by atoms with Crippen LogP contribution in [0, 0.1) is 11.8 Å². The number of thiophene rings is 1. The number of benzene rings is 1. The van der Waals surface area contributed by atoms with Crippen molar-refractivity contribution in [3.8, 4) is 11.5 Å². The Kier molecular flexibility index (Phi) is 6.02. The fourth-order valence-corrected chi connectivity index (χ4v) is 4.24. The zero-order chi connectivity index (χ0) is 19.6. The lowest BCUT2D eigenvalue weighted by molar-refractivity contribution is -0.919. The molecule has 0 amide bonds. The SMILES string of the molecule is CC(C)C[NH+](Cc1c([O-])ccc2c1OC(=Cc1cccs1)C2=O)CC(C)C. The first-order chi connectivity index (χ1) is 12.8. The second kappa shape index (κ2) is 8.28. The summed E-state index contributed by atoms with van der Waals surface area (Å²) in [5, 5.41) is 14.6. The van der Waals surface area contributed by atoms with Gasteiger partial charge in [0.05, 0.1) is 18.7 Å². The van der Waals surface area contributed by atoms with E-state index in [9.17, 15) is 9.90 Å². The van der Waals surface area contributed by atoms with Crippen LogP contribution in [0.4, 0.5) is 0 Å². The Balaban J connectivity index is 1.92. The van der Waals surface area contributed by atoms with Gasteiger partial charge in [-0.1, -0.05) is 45.6 Å². The van der Waals surface area contributed by atoms with Crippen LogP contribution in [0.25, 0.3) is 6.08 Å². The number of allylic oxidation sites excluding steroid dienone is 1. The molecule has 2 aromatic rings. The van der Waals surface area contributed by atoms with Crippen LogP contribution in [0.1, 0.15) is 48.5 Å². The summed E-state index contributed by atoms with van der Waals surface area (Å²) >= 11 is 1.55. The van der Waals surface area contributed by atoms with Gasteiger partial charge in [-0.15, -0.1) is 11.3 Å². The molecule has 3 rings (SSSR count). The number of rotatable bonds is 7. The van der Waals surface area contributed by atoms with E-state index in [1.165, 1.54) is 11.0 Å². The molecule has 1 aliphatic rings. The summed E-state index contributed by atoms with van der Waals surface area (Å²) in [7, 11) is 0. The third-order valence-corrected chi connectivity index (χ3v) is 5.35. The number of Topliss-reactive ketones (excluding diaryl/α,β-unsaturated/α-hetero) is 1. The fourth-order valence-electron chi connectivity index (χ4n) is 3.59. The first kappa shape index (κ1) is 19.6. The number of hydrogen-bond acceptors (Lipinski definition) is 4. The highest BCUT2D eigenvalue weighted by molar-refractivity contribution is 7.10. The molecule has 1 aliphatic heterocycles. The minimum Gasteiger partial charge on any atom is -0.872 e. The van der Waals surface area contributed by atoms with E-state index in [-0.39, 0.29) is 11.5 Å². The first-order valence-corrected chi connectivity index (χ1v) is 10.4. The van der Waals surface area contributed by atoms with Crippen molar-refractivity contribution in [2.45, 2.75) is 34.2 Å². The summed E-state index contributed by atoms with van der Waals surface area (Å²) in [6.07, 6.45) is 1.76. The van der Waals surface area contributed by atoms with Gasteiger partial charge < -0.3 is 14.7 Å². The molecule has 1 aromatic carbocycles. The van der Waals surface area contributed by atoms with E-state index in [1.54, 1.807) is 23.5 Å². The Morgan fingerprint density at radius 1 is 1.15 bits per heavy atom. The average molecular weight is 386 g/mol. The van der Waals surface area contributed by atoms with Crippen molar-refractivity contribution in [3.63, 3.8) is 0 Å². The Morgan fingerprint density at radius 3 is 2.44 bits per heavy atom. The first-order valence-electron chi connectivity index (χ1n) is 9.49. The maximum Gasteiger partial charge on any atom is 0.232 e.